The highest BCUT2D eigenvalue weighted by Crippen LogP contribution is 2.32. The van der Waals surface area contributed by atoms with Gasteiger partial charge in [-0.1, -0.05) is 103 Å². The Labute approximate surface area is 420 Å². The van der Waals surface area contributed by atoms with Crippen LogP contribution in [0.25, 0.3) is 55.9 Å². The Morgan fingerprint density at radius 2 is 1.56 bits per heavy atom. The molecular formula is C57H82N10O2S. The van der Waals surface area contributed by atoms with Crippen molar-refractivity contribution in [3.05, 3.63) is 127 Å². The van der Waals surface area contributed by atoms with E-state index in [0.717, 1.165) is 92.8 Å². The highest BCUT2D eigenvalue weighted by atomic mass is 32.2. The van der Waals surface area contributed by atoms with Crippen molar-refractivity contribution in [2.24, 2.45) is 23.9 Å². The minimum atomic E-state index is -2.49. The Morgan fingerprint density at radius 3 is 2.10 bits per heavy atom. The third kappa shape index (κ3) is 18.4. The summed E-state index contributed by atoms with van der Waals surface area (Å²) in [6, 6.07) is 25.1. The van der Waals surface area contributed by atoms with E-state index in [9.17, 15) is 9.32 Å². The van der Waals surface area contributed by atoms with Gasteiger partial charge in [0.05, 0.1) is 29.9 Å². The molecule has 12 nitrogen and oxygen atoms in total. The van der Waals surface area contributed by atoms with Gasteiger partial charge in [0.2, 0.25) is 0 Å². The number of aromatic amines is 1. The Balaban J connectivity index is 0.000000301. The van der Waals surface area contributed by atoms with Gasteiger partial charge in [-0.25, -0.2) is 4.98 Å². The Kier molecular flexibility index (Phi) is 25.4. The van der Waals surface area contributed by atoms with Crippen molar-refractivity contribution in [1.82, 2.24) is 35.3 Å². The largest absolute Gasteiger partial charge is 0.393 e. The first-order valence-corrected chi connectivity index (χ1v) is 27.1. The summed E-state index contributed by atoms with van der Waals surface area (Å²) in [6.07, 6.45) is 19.2. The number of nitrogens with zero attached hydrogens (tertiary/aromatic N) is 6. The predicted octanol–water partition coefficient (Wildman–Crippen LogP) is 13.0. The first kappa shape index (κ1) is 58.3. The summed E-state index contributed by atoms with van der Waals surface area (Å²) in [4.78, 5) is 14.1. The number of aryl methyl sites for hydroxylation is 2. The summed E-state index contributed by atoms with van der Waals surface area (Å²) >= 11 is 0. The van der Waals surface area contributed by atoms with Crippen LogP contribution < -0.4 is 10.6 Å². The minimum absolute atomic E-state index is 0.0197. The van der Waals surface area contributed by atoms with Crippen LogP contribution in [-0.2, 0) is 16.8 Å². The van der Waals surface area contributed by atoms with Gasteiger partial charge in [-0.15, -0.1) is 0 Å². The summed E-state index contributed by atoms with van der Waals surface area (Å²) in [7, 11) is 1.34. The number of aliphatic hydroxyl groups is 1. The van der Waals surface area contributed by atoms with Crippen LogP contribution in [0.15, 0.2) is 115 Å². The van der Waals surface area contributed by atoms with Gasteiger partial charge in [0.15, 0.2) is 0 Å². The van der Waals surface area contributed by atoms with Crippen LogP contribution in [0.3, 0.4) is 0 Å². The molecule has 4 unspecified atom stereocenters. The molecular weight excluding hydrogens is 889 g/mol. The maximum atomic E-state index is 11.7. The van der Waals surface area contributed by atoms with E-state index in [-0.39, 0.29) is 6.10 Å². The average molecular weight is 971 g/mol. The molecule has 6 aromatic rings. The monoisotopic (exact) mass is 971 g/mol. The van der Waals surface area contributed by atoms with Crippen molar-refractivity contribution < 1.29 is 9.32 Å². The second kappa shape index (κ2) is 30.6. The molecule has 1 aliphatic rings. The number of pyridine rings is 2. The predicted molar refractivity (Wildman–Crippen MR) is 300 cm³/mol. The number of aliphatic hydroxyl groups excluding tert-OH is 1. The smallest absolute Gasteiger partial charge is 0.134 e. The van der Waals surface area contributed by atoms with Crippen LogP contribution in [-0.4, -0.2) is 90.3 Å². The van der Waals surface area contributed by atoms with Crippen molar-refractivity contribution in [2.75, 3.05) is 44.0 Å². The number of rotatable bonds is 15. The fourth-order valence-corrected chi connectivity index (χ4v) is 8.53. The van der Waals surface area contributed by atoms with Gasteiger partial charge in [-0.2, -0.15) is 10.2 Å². The molecule has 5 N–H and O–H groups in total. The van der Waals surface area contributed by atoms with Crippen molar-refractivity contribution in [3.8, 4) is 44.8 Å². The number of hydrogen-bond acceptors (Lipinski definition) is 10. The van der Waals surface area contributed by atoms with Crippen LogP contribution in [0.2, 0.25) is 0 Å². The molecule has 13 heteroatoms. The van der Waals surface area contributed by atoms with Gasteiger partial charge in [-0.3, -0.25) is 28.7 Å². The maximum absolute atomic E-state index is 11.7. The van der Waals surface area contributed by atoms with Crippen LogP contribution in [0.4, 0.5) is 5.82 Å². The Hall–Kier alpha value is -6.02. The standard InChI is InChI=1S/C24H32N6OS.C21H22N4.C8H16O.2C2H6/c1-5-18(15-26-2)19-8-6-9-20(14-19)23-11-10-22(21-16-28-30(3)17-21)24(29-23)27-12-7-13-32(4,25)31;1-4-16(12-22-5-2)17-7-6-8-18(11-17)21-10-9-20(15(3)25-21)19-13-23-24-14-19;1-6-3-4-7(2)8(9)5-6;2*1-2/h5-6,8-11,14,16-17,25-26H,7,12-13,15H2,1-4H3,(H,27,29);4,6-14H,5H2,1-3H3,(H,23,24);6-9H,3-5H2,1-2H3;2*1-2H3/b18-5+;16-4+,22-12?;;;. The molecule has 0 radical (unpaired) electrons. The van der Waals surface area contributed by atoms with E-state index in [1.165, 1.54) is 30.2 Å². The first-order chi connectivity index (χ1) is 33.7. The molecule has 0 amide bonds. The van der Waals surface area contributed by atoms with Crippen molar-refractivity contribution in [3.63, 3.8) is 0 Å². The molecule has 0 aliphatic heterocycles. The first-order valence-electron chi connectivity index (χ1n) is 25.0. The maximum Gasteiger partial charge on any atom is 0.134 e. The summed E-state index contributed by atoms with van der Waals surface area (Å²) in [5, 5.41) is 27.1. The van der Waals surface area contributed by atoms with E-state index in [2.05, 4.69) is 124 Å². The van der Waals surface area contributed by atoms with E-state index in [1.54, 1.807) is 4.68 Å². The van der Waals surface area contributed by atoms with Gasteiger partial charge >= 0.3 is 0 Å². The quantitative estimate of drug-likeness (QED) is 0.0500. The van der Waals surface area contributed by atoms with Gasteiger partial charge < -0.3 is 15.7 Å². The number of aliphatic imine (C=N–C) groups is 1. The normalized spacial score (nSPS) is 16.5. The average Bonchev–Trinajstić information content (AvgIpc) is 4.08. The molecule has 4 heterocycles. The molecule has 0 bridgehead atoms. The van der Waals surface area contributed by atoms with E-state index in [0.29, 0.717) is 24.6 Å². The summed E-state index contributed by atoms with van der Waals surface area (Å²) in [5.41, 5.74) is 13.7. The number of nitrogens with one attached hydrogen (secondary N) is 4. The molecule has 7 rings (SSSR count). The molecule has 378 valence electrons. The summed E-state index contributed by atoms with van der Waals surface area (Å²) < 4.78 is 21.1. The lowest BCUT2D eigenvalue weighted by atomic mass is 9.82. The fourth-order valence-electron chi connectivity index (χ4n) is 7.83. The summed E-state index contributed by atoms with van der Waals surface area (Å²) in [5.74, 6) is 2.41. The zero-order valence-corrected chi connectivity index (χ0v) is 45.1. The highest BCUT2D eigenvalue weighted by molar-refractivity contribution is 7.91. The number of hydrogen-bond donors (Lipinski definition) is 5. The third-order valence-corrected chi connectivity index (χ3v) is 12.8. The second-order valence-corrected chi connectivity index (χ2v) is 19.6. The molecule has 0 spiro atoms. The lowest BCUT2D eigenvalue weighted by Crippen LogP contribution is -2.25. The van der Waals surface area contributed by atoms with Crippen LogP contribution >= 0.6 is 0 Å². The van der Waals surface area contributed by atoms with Gasteiger partial charge in [0.1, 0.15) is 5.82 Å². The Morgan fingerprint density at radius 1 is 0.900 bits per heavy atom. The SMILES string of the molecule is C/C=C(\C=NCC)c1cccc(-c2ccc(-c3cn[nH]c3)c(C)n2)c1.C/C=C(\CNC)c1cccc(-c2ccc(-c3cnn(C)c3)c(NCCCS(C)(=N)=O)n2)c1.CC.CC.CC1CCC(C)C(O)C1. The number of likely N-dealkylation sites (N-methyl/N-ethyl adjacent to an activating group) is 1. The van der Waals surface area contributed by atoms with E-state index in [4.69, 9.17) is 14.7 Å². The van der Waals surface area contributed by atoms with Crippen LogP contribution in [0.1, 0.15) is 105 Å². The third-order valence-electron chi connectivity index (χ3n) is 11.7. The number of benzene rings is 2. The number of allylic oxidation sites excluding steroid dienone is 3. The van der Waals surface area contributed by atoms with Crippen LogP contribution in [0.5, 0.6) is 0 Å². The zero-order valence-electron chi connectivity index (χ0n) is 44.3. The van der Waals surface area contributed by atoms with Crippen molar-refractivity contribution in [1.29, 1.82) is 4.78 Å². The number of anilines is 1. The number of aromatic nitrogens is 6. The molecule has 4 aromatic heterocycles. The van der Waals surface area contributed by atoms with Crippen molar-refractivity contribution in [2.45, 2.75) is 101 Å². The topological polar surface area (TPSA) is 170 Å². The molecule has 1 aliphatic carbocycles. The summed E-state index contributed by atoms with van der Waals surface area (Å²) in [6.45, 7) is 22.7. The number of H-pyrrole nitrogens is 1. The van der Waals surface area contributed by atoms with Crippen molar-refractivity contribution >= 4 is 32.9 Å². The molecule has 70 heavy (non-hydrogen) atoms. The van der Waals surface area contributed by atoms with Gasteiger partial charge in [-0.05, 0) is 118 Å². The lowest BCUT2D eigenvalue weighted by molar-refractivity contribution is 0.0577. The molecule has 4 atom stereocenters. The molecule has 1 saturated carbocycles. The van der Waals surface area contributed by atoms with E-state index in [1.807, 2.05) is 107 Å². The van der Waals surface area contributed by atoms with Gasteiger partial charge in [0.25, 0.3) is 0 Å². The minimum Gasteiger partial charge on any atom is -0.393 e. The molecule has 0 saturated heterocycles. The van der Waals surface area contributed by atoms with Crippen LogP contribution in [0, 0.1) is 23.5 Å². The van der Waals surface area contributed by atoms with Gasteiger partial charge in [0, 0.05) is 106 Å². The molecule has 2 aromatic carbocycles. The van der Waals surface area contributed by atoms with E-state index < -0.39 is 9.73 Å². The highest BCUT2D eigenvalue weighted by Gasteiger charge is 2.22. The second-order valence-electron chi connectivity index (χ2n) is 17.1. The fraction of sp³-hybridized carbons (Fsp3) is 0.421. The molecule has 1 fully saturated rings. The van der Waals surface area contributed by atoms with E-state index >= 15 is 0 Å². The zero-order chi connectivity index (χ0) is 51.6. The Bertz CT molecular complexity index is 2670. The lowest BCUT2D eigenvalue weighted by Gasteiger charge is -2.28.